The van der Waals surface area contributed by atoms with E-state index in [4.69, 9.17) is 0 Å². The third-order valence-corrected chi connectivity index (χ3v) is 2.15. The second-order valence-electron chi connectivity index (χ2n) is 3.67. The number of Topliss-reactive ketones (excluding diaryl/α,β-unsaturated/α-hetero) is 1. The fraction of sp³-hybridized carbons (Fsp3) is 0.889. The van der Waals surface area contributed by atoms with Crippen LogP contribution in [-0.4, -0.2) is 24.0 Å². The Hall–Kier alpha value is 0.0200. The first kappa shape index (κ1) is 15.5. The van der Waals surface area contributed by atoms with Gasteiger partial charge in [0.05, 0.1) is 6.04 Å². The molecule has 0 aliphatic carbocycles. The highest BCUT2D eigenvalue weighted by molar-refractivity contribution is 7.16. The van der Waals surface area contributed by atoms with Gasteiger partial charge in [0, 0.05) is 12.0 Å². The average molecular weight is 206 g/mol. The molecule has 4 N–H and O–H groups in total. The molecule has 0 radical (unpaired) electrons. The molecule has 0 fully saturated rings. The van der Waals surface area contributed by atoms with E-state index in [1.165, 1.54) is 0 Å². The first-order chi connectivity index (χ1) is 5.49. The molecule has 0 saturated heterocycles. The van der Waals surface area contributed by atoms with E-state index in [2.05, 4.69) is 28.4 Å². The molecule has 0 spiro atoms. The minimum absolute atomic E-state index is 0. The molecule has 3 nitrogen and oxygen atoms in total. The number of ketones is 1. The number of hydrogen-bond donors (Lipinski definition) is 2. The summed E-state index contributed by atoms with van der Waals surface area (Å²) >= 11 is 0. The van der Waals surface area contributed by atoms with E-state index in [0.29, 0.717) is 11.8 Å². The van der Waals surface area contributed by atoms with Gasteiger partial charge >= 0.3 is 0 Å². The Bertz CT molecular complexity index is 149. The molecule has 0 aliphatic rings. The lowest BCUT2D eigenvalue weighted by atomic mass is 10.0. The van der Waals surface area contributed by atoms with Crippen molar-refractivity contribution in [2.24, 2.45) is 5.92 Å². The van der Waals surface area contributed by atoms with E-state index in [9.17, 15) is 4.79 Å². The summed E-state index contributed by atoms with van der Waals surface area (Å²) in [5.74, 6) is 0.431. The SMILES string of the molecule is CC(C)NC(CP)C(=O)C(C)C.N. The Balaban J connectivity index is 0. The summed E-state index contributed by atoms with van der Waals surface area (Å²) in [6.45, 7) is 8.00. The van der Waals surface area contributed by atoms with Crippen LogP contribution in [0.4, 0.5) is 0 Å². The minimum Gasteiger partial charge on any atom is -0.344 e. The quantitative estimate of drug-likeness (QED) is 0.672. The smallest absolute Gasteiger partial charge is 0.152 e. The monoisotopic (exact) mass is 206 g/mol. The third-order valence-electron chi connectivity index (χ3n) is 1.68. The summed E-state index contributed by atoms with van der Waals surface area (Å²) in [6.07, 6.45) is 0.801. The second-order valence-corrected chi connectivity index (χ2v) is 4.14. The van der Waals surface area contributed by atoms with Crippen LogP contribution < -0.4 is 11.5 Å². The van der Waals surface area contributed by atoms with Crippen LogP contribution in [-0.2, 0) is 4.79 Å². The van der Waals surface area contributed by atoms with Gasteiger partial charge in [0.2, 0.25) is 0 Å². The van der Waals surface area contributed by atoms with Crippen molar-refractivity contribution < 1.29 is 4.79 Å². The standard InChI is InChI=1S/C9H20NOP.H3N/c1-6(2)9(11)8(5-12)10-7(3)4;/h6-8,10H,5,12H2,1-4H3;1H3. The molecule has 0 aliphatic heterocycles. The van der Waals surface area contributed by atoms with Crippen LogP contribution in [0.5, 0.6) is 0 Å². The van der Waals surface area contributed by atoms with Crippen LogP contribution in [0.2, 0.25) is 0 Å². The van der Waals surface area contributed by atoms with Gasteiger partial charge in [-0.1, -0.05) is 27.7 Å². The fourth-order valence-electron chi connectivity index (χ4n) is 1.07. The van der Waals surface area contributed by atoms with Gasteiger partial charge in [-0.3, -0.25) is 4.79 Å². The molecule has 0 rings (SSSR count). The van der Waals surface area contributed by atoms with Crippen molar-refractivity contribution in [3.8, 4) is 0 Å². The van der Waals surface area contributed by atoms with Gasteiger partial charge < -0.3 is 11.5 Å². The molecular formula is C9H23N2OP. The molecule has 0 bridgehead atoms. The molecule has 0 aromatic rings. The summed E-state index contributed by atoms with van der Waals surface area (Å²) in [6, 6.07) is 0.383. The van der Waals surface area contributed by atoms with Crippen molar-refractivity contribution in [3.63, 3.8) is 0 Å². The predicted molar refractivity (Wildman–Crippen MR) is 61.5 cm³/mol. The zero-order valence-corrected chi connectivity index (χ0v) is 10.3. The number of carbonyl (C=O) groups is 1. The highest BCUT2D eigenvalue weighted by Gasteiger charge is 2.19. The number of rotatable bonds is 5. The van der Waals surface area contributed by atoms with E-state index in [0.717, 1.165) is 6.16 Å². The minimum atomic E-state index is 0. The van der Waals surface area contributed by atoms with E-state index in [1.54, 1.807) is 0 Å². The molecule has 0 aromatic heterocycles. The molecular weight excluding hydrogens is 183 g/mol. The number of hydrogen-bond acceptors (Lipinski definition) is 3. The molecule has 0 amide bonds. The maximum absolute atomic E-state index is 11.5. The van der Waals surface area contributed by atoms with Gasteiger partial charge in [-0.05, 0) is 6.16 Å². The van der Waals surface area contributed by atoms with Gasteiger partial charge in [-0.15, -0.1) is 9.24 Å². The van der Waals surface area contributed by atoms with Crippen LogP contribution in [0.25, 0.3) is 0 Å². The Morgan fingerprint density at radius 3 is 2.00 bits per heavy atom. The average Bonchev–Trinajstić information content (AvgIpc) is 1.98. The molecule has 4 heteroatoms. The summed E-state index contributed by atoms with van der Waals surface area (Å²) in [5.41, 5.74) is 0. The Kier molecular flexibility index (Phi) is 8.85. The Labute approximate surface area is 83.8 Å². The van der Waals surface area contributed by atoms with Crippen LogP contribution in [0, 0.1) is 5.92 Å². The topological polar surface area (TPSA) is 64.1 Å². The summed E-state index contributed by atoms with van der Waals surface area (Å²) in [4.78, 5) is 11.5. The largest absolute Gasteiger partial charge is 0.344 e. The molecule has 0 saturated carbocycles. The molecule has 13 heavy (non-hydrogen) atoms. The lowest BCUT2D eigenvalue weighted by Crippen LogP contribution is -2.43. The maximum Gasteiger partial charge on any atom is 0.152 e. The first-order valence-electron chi connectivity index (χ1n) is 4.48. The summed E-state index contributed by atoms with van der Waals surface area (Å²) in [7, 11) is 2.61. The maximum atomic E-state index is 11.5. The van der Waals surface area contributed by atoms with Crippen molar-refractivity contribution >= 4 is 15.0 Å². The summed E-state index contributed by atoms with van der Waals surface area (Å²) < 4.78 is 0. The third kappa shape index (κ3) is 6.14. The molecule has 2 unspecified atom stereocenters. The molecule has 0 aromatic carbocycles. The van der Waals surface area contributed by atoms with Crippen LogP contribution in [0.15, 0.2) is 0 Å². The fourth-order valence-corrected chi connectivity index (χ4v) is 1.44. The van der Waals surface area contributed by atoms with Crippen molar-refractivity contribution in [2.75, 3.05) is 6.16 Å². The normalized spacial score (nSPS) is 12.8. The van der Waals surface area contributed by atoms with Crippen molar-refractivity contribution in [1.29, 1.82) is 0 Å². The zero-order valence-electron chi connectivity index (χ0n) is 9.13. The molecule has 2 atom stereocenters. The van der Waals surface area contributed by atoms with Gasteiger partial charge in [0.1, 0.15) is 0 Å². The van der Waals surface area contributed by atoms with Crippen LogP contribution in [0.3, 0.4) is 0 Å². The Morgan fingerprint density at radius 2 is 1.77 bits per heavy atom. The van der Waals surface area contributed by atoms with Gasteiger partial charge in [0.15, 0.2) is 5.78 Å². The lowest BCUT2D eigenvalue weighted by Gasteiger charge is -2.19. The molecule has 0 heterocycles. The number of nitrogens with one attached hydrogen (secondary N) is 1. The predicted octanol–water partition coefficient (Wildman–Crippen LogP) is 1.62. The van der Waals surface area contributed by atoms with Gasteiger partial charge in [0.25, 0.3) is 0 Å². The van der Waals surface area contributed by atoms with E-state index < -0.39 is 0 Å². The van der Waals surface area contributed by atoms with Crippen LogP contribution >= 0.6 is 9.24 Å². The molecule has 80 valence electrons. The Morgan fingerprint density at radius 1 is 1.31 bits per heavy atom. The van der Waals surface area contributed by atoms with Crippen molar-refractivity contribution in [1.82, 2.24) is 11.5 Å². The van der Waals surface area contributed by atoms with Crippen LogP contribution in [0.1, 0.15) is 27.7 Å². The van der Waals surface area contributed by atoms with Crippen molar-refractivity contribution in [2.45, 2.75) is 39.8 Å². The van der Waals surface area contributed by atoms with E-state index in [1.807, 2.05) is 13.8 Å². The second kappa shape index (κ2) is 7.43. The van der Waals surface area contributed by atoms with Crippen molar-refractivity contribution in [3.05, 3.63) is 0 Å². The lowest BCUT2D eigenvalue weighted by molar-refractivity contribution is -0.123. The van der Waals surface area contributed by atoms with E-state index >= 15 is 0 Å². The highest BCUT2D eigenvalue weighted by atomic mass is 31.0. The highest BCUT2D eigenvalue weighted by Crippen LogP contribution is 2.03. The zero-order chi connectivity index (χ0) is 9.72. The number of carbonyl (C=O) groups excluding carboxylic acids is 1. The van der Waals surface area contributed by atoms with Gasteiger partial charge in [-0.2, -0.15) is 0 Å². The van der Waals surface area contributed by atoms with Gasteiger partial charge in [-0.25, -0.2) is 0 Å². The van der Waals surface area contributed by atoms with E-state index in [-0.39, 0.29) is 18.1 Å². The summed E-state index contributed by atoms with van der Waals surface area (Å²) in [5, 5.41) is 3.24. The first-order valence-corrected chi connectivity index (χ1v) is 5.30.